The van der Waals surface area contributed by atoms with E-state index >= 15 is 0 Å². The molecule has 0 aromatic carbocycles. The molecule has 8 heteroatoms. The topological polar surface area (TPSA) is 99.9 Å². The van der Waals surface area contributed by atoms with Crippen molar-refractivity contribution in [3.8, 4) is 0 Å². The molecule has 1 atom stereocenters. The van der Waals surface area contributed by atoms with Crippen molar-refractivity contribution in [3.63, 3.8) is 0 Å². The van der Waals surface area contributed by atoms with Crippen LogP contribution in [0.1, 0.15) is 38.8 Å². The van der Waals surface area contributed by atoms with Gasteiger partial charge in [-0.3, -0.25) is 9.59 Å². The van der Waals surface area contributed by atoms with Gasteiger partial charge in [0.15, 0.2) is 0 Å². The Morgan fingerprint density at radius 1 is 1.33 bits per heavy atom. The number of hydrogen-bond acceptors (Lipinski definition) is 5. The van der Waals surface area contributed by atoms with E-state index < -0.39 is 12.0 Å². The smallest absolute Gasteiger partial charge is 0.371 e. The molecule has 0 saturated carbocycles. The molecular formula is C16H16N2O5S. The molecule has 1 fully saturated rings. The lowest BCUT2D eigenvalue weighted by molar-refractivity contribution is -0.125. The summed E-state index contributed by atoms with van der Waals surface area (Å²) in [5, 5.41) is 13.3. The first-order valence-electron chi connectivity index (χ1n) is 7.50. The van der Waals surface area contributed by atoms with Gasteiger partial charge in [0.05, 0.1) is 11.4 Å². The summed E-state index contributed by atoms with van der Waals surface area (Å²) >= 11 is 1.35. The Balaban J connectivity index is 1.61. The van der Waals surface area contributed by atoms with Gasteiger partial charge in [0.25, 0.3) is 5.91 Å². The van der Waals surface area contributed by atoms with Crippen molar-refractivity contribution in [2.75, 3.05) is 6.54 Å². The lowest BCUT2D eigenvalue weighted by Gasteiger charge is -2.23. The summed E-state index contributed by atoms with van der Waals surface area (Å²) in [4.78, 5) is 37.8. The molecule has 1 saturated heterocycles. The molecule has 0 spiro atoms. The monoisotopic (exact) mass is 348 g/mol. The van der Waals surface area contributed by atoms with Gasteiger partial charge in [-0.2, -0.15) is 0 Å². The molecular weight excluding hydrogens is 332 g/mol. The number of carbonyl (C=O) groups excluding carboxylic acids is 2. The first-order valence-corrected chi connectivity index (χ1v) is 8.38. The number of rotatable bonds is 5. The maximum Gasteiger partial charge on any atom is 0.371 e. The number of carbonyl (C=O) groups is 3. The quantitative estimate of drug-likeness (QED) is 0.860. The third kappa shape index (κ3) is 3.33. The third-order valence-corrected chi connectivity index (χ3v) is 4.72. The summed E-state index contributed by atoms with van der Waals surface area (Å²) in [6.45, 7) is 0.641. The van der Waals surface area contributed by atoms with Gasteiger partial charge < -0.3 is 19.7 Å². The second kappa shape index (κ2) is 6.88. The van der Waals surface area contributed by atoms with Crippen LogP contribution < -0.4 is 5.32 Å². The van der Waals surface area contributed by atoms with Crippen molar-refractivity contribution in [3.05, 3.63) is 46.0 Å². The first-order chi connectivity index (χ1) is 11.6. The van der Waals surface area contributed by atoms with Crippen LogP contribution in [0.2, 0.25) is 0 Å². The van der Waals surface area contributed by atoms with E-state index in [2.05, 4.69) is 5.32 Å². The predicted octanol–water partition coefficient (Wildman–Crippen LogP) is 1.96. The fraction of sp³-hybridized carbons (Fsp3) is 0.312. The predicted molar refractivity (Wildman–Crippen MR) is 85.9 cm³/mol. The highest BCUT2D eigenvalue weighted by atomic mass is 32.1. The molecule has 2 N–H and O–H groups in total. The van der Waals surface area contributed by atoms with Crippen LogP contribution in [0.25, 0.3) is 0 Å². The molecule has 2 amide bonds. The molecule has 3 rings (SSSR count). The molecule has 0 bridgehead atoms. The van der Waals surface area contributed by atoms with Gasteiger partial charge in [0.1, 0.15) is 11.8 Å². The molecule has 3 heterocycles. The van der Waals surface area contributed by atoms with Crippen molar-refractivity contribution in [2.24, 2.45) is 0 Å². The van der Waals surface area contributed by atoms with Crippen molar-refractivity contribution >= 4 is 29.1 Å². The highest BCUT2D eigenvalue weighted by Crippen LogP contribution is 2.22. The van der Waals surface area contributed by atoms with Crippen molar-refractivity contribution < 1.29 is 23.9 Å². The first kappa shape index (κ1) is 16.3. The zero-order valence-electron chi connectivity index (χ0n) is 12.7. The summed E-state index contributed by atoms with van der Waals surface area (Å²) in [6.07, 6.45) is 1.39. The summed E-state index contributed by atoms with van der Waals surface area (Å²) < 4.78 is 5.10. The van der Waals surface area contributed by atoms with E-state index in [0.717, 1.165) is 6.42 Å². The van der Waals surface area contributed by atoms with E-state index in [9.17, 15) is 14.4 Å². The SMILES string of the molecule is O=C(O)c1ccc(CNC(=O)C2CCCN2C(=O)c2cccs2)o1. The second-order valence-electron chi connectivity index (χ2n) is 5.42. The van der Waals surface area contributed by atoms with Crippen LogP contribution in [0.3, 0.4) is 0 Å². The summed E-state index contributed by atoms with van der Waals surface area (Å²) in [6, 6.07) is 5.89. The minimum atomic E-state index is -1.16. The number of carboxylic acids is 1. The molecule has 1 unspecified atom stereocenters. The Labute approximate surface area is 141 Å². The molecule has 24 heavy (non-hydrogen) atoms. The van der Waals surface area contributed by atoms with Gasteiger partial charge in [-0.15, -0.1) is 11.3 Å². The van der Waals surface area contributed by atoms with Gasteiger partial charge in [0, 0.05) is 6.54 Å². The molecule has 7 nitrogen and oxygen atoms in total. The van der Waals surface area contributed by atoms with Crippen molar-refractivity contribution in [1.82, 2.24) is 10.2 Å². The second-order valence-corrected chi connectivity index (χ2v) is 6.37. The fourth-order valence-corrected chi connectivity index (χ4v) is 3.38. The standard InChI is InChI=1S/C16H16N2O5S/c19-14(17-9-10-5-6-12(23-10)16(21)22)11-3-1-7-18(11)15(20)13-4-2-8-24-13/h2,4-6,8,11H,1,3,7,9H2,(H,17,19)(H,21,22). The Hall–Kier alpha value is -2.61. The van der Waals surface area contributed by atoms with E-state index in [-0.39, 0.29) is 24.1 Å². The maximum atomic E-state index is 12.4. The molecule has 2 aromatic rings. The minimum Gasteiger partial charge on any atom is -0.475 e. The number of likely N-dealkylation sites (tertiary alicyclic amines) is 1. The van der Waals surface area contributed by atoms with E-state index in [1.807, 2.05) is 5.38 Å². The number of nitrogens with one attached hydrogen (secondary N) is 1. The van der Waals surface area contributed by atoms with Crippen LogP contribution in [0, 0.1) is 0 Å². The average molecular weight is 348 g/mol. The summed E-state index contributed by atoms with van der Waals surface area (Å²) in [5.74, 6) is -1.36. The van der Waals surface area contributed by atoms with Crippen LogP contribution in [-0.2, 0) is 11.3 Å². The highest BCUT2D eigenvalue weighted by molar-refractivity contribution is 7.12. The lowest BCUT2D eigenvalue weighted by atomic mass is 10.2. The third-order valence-electron chi connectivity index (χ3n) is 3.86. The number of carboxylic acid groups (broad SMARTS) is 1. The molecule has 0 aliphatic carbocycles. The Bertz CT molecular complexity index is 752. The Morgan fingerprint density at radius 3 is 2.83 bits per heavy atom. The molecule has 2 aromatic heterocycles. The molecule has 0 radical (unpaired) electrons. The summed E-state index contributed by atoms with van der Waals surface area (Å²) in [5.41, 5.74) is 0. The van der Waals surface area contributed by atoms with Gasteiger partial charge in [-0.25, -0.2) is 4.79 Å². The van der Waals surface area contributed by atoms with Crippen LogP contribution in [0.4, 0.5) is 0 Å². The number of nitrogens with zero attached hydrogens (tertiary/aromatic N) is 1. The zero-order chi connectivity index (χ0) is 17.1. The normalized spacial score (nSPS) is 17.0. The molecule has 1 aliphatic heterocycles. The van der Waals surface area contributed by atoms with Crippen molar-refractivity contribution in [1.29, 1.82) is 0 Å². The van der Waals surface area contributed by atoms with Crippen LogP contribution in [-0.4, -0.2) is 40.4 Å². The number of amides is 2. The largest absolute Gasteiger partial charge is 0.475 e. The Kier molecular flexibility index (Phi) is 4.66. The summed E-state index contributed by atoms with van der Waals surface area (Å²) in [7, 11) is 0. The zero-order valence-corrected chi connectivity index (χ0v) is 13.5. The van der Waals surface area contributed by atoms with E-state index in [1.165, 1.54) is 23.5 Å². The van der Waals surface area contributed by atoms with Crippen LogP contribution in [0.5, 0.6) is 0 Å². The maximum absolute atomic E-state index is 12.4. The minimum absolute atomic E-state index is 0.0870. The average Bonchev–Trinajstić information content (AvgIpc) is 3.33. The van der Waals surface area contributed by atoms with E-state index in [1.54, 1.807) is 17.0 Å². The van der Waals surface area contributed by atoms with Gasteiger partial charge in [0.2, 0.25) is 11.7 Å². The van der Waals surface area contributed by atoms with Gasteiger partial charge in [-0.05, 0) is 36.4 Å². The van der Waals surface area contributed by atoms with Crippen LogP contribution >= 0.6 is 11.3 Å². The number of hydrogen-bond donors (Lipinski definition) is 2. The number of thiophene rings is 1. The number of aromatic carboxylic acids is 1. The lowest BCUT2D eigenvalue weighted by Crippen LogP contribution is -2.45. The highest BCUT2D eigenvalue weighted by Gasteiger charge is 2.34. The van der Waals surface area contributed by atoms with Gasteiger partial charge >= 0.3 is 5.97 Å². The Morgan fingerprint density at radius 2 is 2.17 bits per heavy atom. The van der Waals surface area contributed by atoms with E-state index in [0.29, 0.717) is 23.6 Å². The molecule has 126 valence electrons. The van der Waals surface area contributed by atoms with Crippen LogP contribution in [0.15, 0.2) is 34.1 Å². The van der Waals surface area contributed by atoms with Gasteiger partial charge in [-0.1, -0.05) is 6.07 Å². The molecule has 1 aliphatic rings. The van der Waals surface area contributed by atoms with Crippen molar-refractivity contribution in [2.45, 2.75) is 25.4 Å². The fourth-order valence-electron chi connectivity index (χ4n) is 2.70. The number of furan rings is 1. The van der Waals surface area contributed by atoms with E-state index in [4.69, 9.17) is 9.52 Å².